The molecule has 0 bridgehead atoms. The highest BCUT2D eigenvalue weighted by Gasteiger charge is 2.07. The van der Waals surface area contributed by atoms with E-state index in [4.69, 9.17) is 11.2 Å². The number of ether oxygens (including phenoxy) is 1. The van der Waals surface area contributed by atoms with Crippen LogP contribution in [0.5, 0.6) is 5.75 Å². The molecule has 0 aromatic heterocycles. The SMILES string of the molecule is C#CCCCCNC(C)c1ccc(OC)c(Br)c1. The number of hydrogen-bond donors (Lipinski definition) is 1. The summed E-state index contributed by atoms with van der Waals surface area (Å²) in [6.07, 6.45) is 8.29. The van der Waals surface area contributed by atoms with Crippen LogP contribution in [0, 0.1) is 12.3 Å². The molecule has 1 N–H and O–H groups in total. The Balaban J connectivity index is 2.44. The van der Waals surface area contributed by atoms with Gasteiger partial charge >= 0.3 is 0 Å². The molecule has 2 nitrogen and oxygen atoms in total. The van der Waals surface area contributed by atoms with Crippen molar-refractivity contribution in [1.82, 2.24) is 5.32 Å². The summed E-state index contributed by atoms with van der Waals surface area (Å²) in [6.45, 7) is 3.15. The lowest BCUT2D eigenvalue weighted by molar-refractivity contribution is 0.411. The highest BCUT2D eigenvalue weighted by atomic mass is 79.9. The third-order valence-corrected chi connectivity index (χ3v) is 3.49. The zero-order valence-corrected chi connectivity index (χ0v) is 12.6. The van der Waals surface area contributed by atoms with Gasteiger partial charge in [0.1, 0.15) is 5.75 Å². The summed E-state index contributed by atoms with van der Waals surface area (Å²) >= 11 is 3.50. The van der Waals surface area contributed by atoms with Gasteiger partial charge in [-0.1, -0.05) is 6.07 Å². The summed E-state index contributed by atoms with van der Waals surface area (Å²) in [5.74, 6) is 3.52. The van der Waals surface area contributed by atoms with Crippen LogP contribution in [0.3, 0.4) is 0 Å². The lowest BCUT2D eigenvalue weighted by Crippen LogP contribution is -2.19. The zero-order valence-electron chi connectivity index (χ0n) is 11.0. The third-order valence-electron chi connectivity index (χ3n) is 2.87. The number of nitrogens with one attached hydrogen (secondary N) is 1. The molecule has 3 heteroatoms. The number of unbranched alkanes of at least 4 members (excludes halogenated alkanes) is 2. The van der Waals surface area contributed by atoms with Crippen LogP contribution < -0.4 is 10.1 Å². The van der Waals surface area contributed by atoms with Crippen LogP contribution in [0.15, 0.2) is 22.7 Å². The minimum Gasteiger partial charge on any atom is -0.496 e. The van der Waals surface area contributed by atoms with Gasteiger partial charge in [0.15, 0.2) is 0 Å². The van der Waals surface area contributed by atoms with E-state index in [0.29, 0.717) is 6.04 Å². The van der Waals surface area contributed by atoms with Gasteiger partial charge in [-0.15, -0.1) is 12.3 Å². The van der Waals surface area contributed by atoms with Crippen molar-refractivity contribution in [1.29, 1.82) is 0 Å². The Morgan fingerprint density at radius 1 is 1.44 bits per heavy atom. The first-order valence-electron chi connectivity index (χ1n) is 6.19. The van der Waals surface area contributed by atoms with E-state index in [9.17, 15) is 0 Å². The van der Waals surface area contributed by atoms with E-state index in [1.165, 1.54) is 5.56 Å². The van der Waals surface area contributed by atoms with Crippen molar-refractivity contribution in [2.24, 2.45) is 0 Å². The molecular formula is C15H20BrNO. The highest BCUT2D eigenvalue weighted by Crippen LogP contribution is 2.27. The maximum Gasteiger partial charge on any atom is 0.133 e. The van der Waals surface area contributed by atoms with E-state index >= 15 is 0 Å². The molecule has 0 fully saturated rings. The summed E-state index contributed by atoms with van der Waals surface area (Å²) < 4.78 is 6.21. The summed E-state index contributed by atoms with van der Waals surface area (Å²) in [5, 5.41) is 3.49. The van der Waals surface area contributed by atoms with Gasteiger partial charge in [-0.25, -0.2) is 0 Å². The number of benzene rings is 1. The van der Waals surface area contributed by atoms with Crippen LogP contribution in [-0.2, 0) is 0 Å². The summed E-state index contributed by atoms with van der Waals surface area (Å²) in [5.41, 5.74) is 1.25. The Morgan fingerprint density at radius 2 is 2.22 bits per heavy atom. The van der Waals surface area contributed by atoms with Crippen LogP contribution >= 0.6 is 15.9 Å². The smallest absolute Gasteiger partial charge is 0.133 e. The number of terminal acetylenes is 1. The summed E-state index contributed by atoms with van der Waals surface area (Å²) in [4.78, 5) is 0. The lowest BCUT2D eigenvalue weighted by Gasteiger charge is -2.15. The minimum atomic E-state index is 0.332. The van der Waals surface area contributed by atoms with Crippen molar-refractivity contribution in [2.45, 2.75) is 32.2 Å². The second-order valence-corrected chi connectivity index (χ2v) is 5.09. The number of halogens is 1. The molecule has 0 saturated carbocycles. The predicted octanol–water partition coefficient (Wildman–Crippen LogP) is 3.91. The first kappa shape index (κ1) is 15.1. The van der Waals surface area contributed by atoms with Gasteiger partial charge < -0.3 is 10.1 Å². The average molecular weight is 310 g/mol. The molecule has 0 aliphatic heterocycles. The molecule has 0 amide bonds. The molecule has 0 aliphatic carbocycles. The first-order valence-corrected chi connectivity index (χ1v) is 6.98. The van der Waals surface area contributed by atoms with Gasteiger partial charge in [0.2, 0.25) is 0 Å². The fraction of sp³-hybridized carbons (Fsp3) is 0.467. The highest BCUT2D eigenvalue weighted by molar-refractivity contribution is 9.10. The summed E-state index contributed by atoms with van der Waals surface area (Å²) in [6, 6.07) is 6.49. The summed E-state index contributed by atoms with van der Waals surface area (Å²) in [7, 11) is 1.67. The molecule has 0 saturated heterocycles. The van der Waals surface area contributed by atoms with E-state index < -0.39 is 0 Å². The number of methoxy groups -OCH3 is 1. The van der Waals surface area contributed by atoms with Gasteiger partial charge in [-0.2, -0.15) is 0 Å². The maximum absolute atomic E-state index is 5.22. The van der Waals surface area contributed by atoms with Gasteiger partial charge in [0.25, 0.3) is 0 Å². The normalized spacial score (nSPS) is 11.9. The van der Waals surface area contributed by atoms with Crippen molar-refractivity contribution < 1.29 is 4.74 Å². The van der Waals surface area contributed by atoms with E-state index in [2.05, 4.69) is 46.2 Å². The Labute approximate surface area is 118 Å². The second-order valence-electron chi connectivity index (χ2n) is 4.23. The molecule has 0 aliphatic rings. The molecule has 1 atom stereocenters. The Hall–Kier alpha value is -0.980. The second kappa shape index (κ2) is 8.18. The van der Waals surface area contributed by atoms with E-state index in [-0.39, 0.29) is 0 Å². The van der Waals surface area contributed by atoms with Crippen LogP contribution in [0.25, 0.3) is 0 Å². The molecule has 1 aromatic carbocycles. The quantitative estimate of drug-likeness (QED) is 0.609. The number of hydrogen-bond acceptors (Lipinski definition) is 2. The van der Waals surface area contributed by atoms with Crippen LogP contribution in [0.1, 0.15) is 37.8 Å². The van der Waals surface area contributed by atoms with Gasteiger partial charge in [0.05, 0.1) is 11.6 Å². The van der Waals surface area contributed by atoms with Crippen LogP contribution in [0.2, 0.25) is 0 Å². The fourth-order valence-electron chi connectivity index (χ4n) is 1.74. The maximum atomic E-state index is 5.22. The van der Waals surface area contributed by atoms with E-state index in [1.807, 2.05) is 6.07 Å². The van der Waals surface area contributed by atoms with Crippen molar-refractivity contribution in [3.63, 3.8) is 0 Å². The molecule has 0 heterocycles. The van der Waals surface area contributed by atoms with Gasteiger partial charge in [-0.05, 0) is 59.9 Å². The van der Waals surface area contributed by atoms with E-state index in [0.717, 1.165) is 36.0 Å². The third kappa shape index (κ3) is 4.72. The minimum absolute atomic E-state index is 0.332. The predicted molar refractivity (Wildman–Crippen MR) is 79.8 cm³/mol. The van der Waals surface area contributed by atoms with Crippen LogP contribution in [0.4, 0.5) is 0 Å². The molecule has 1 unspecified atom stereocenters. The van der Waals surface area contributed by atoms with Crippen LogP contribution in [-0.4, -0.2) is 13.7 Å². The Bertz CT molecular complexity index is 411. The Kier molecular flexibility index (Phi) is 6.85. The molecule has 0 spiro atoms. The van der Waals surface area contributed by atoms with E-state index in [1.54, 1.807) is 7.11 Å². The Morgan fingerprint density at radius 3 is 2.83 bits per heavy atom. The van der Waals surface area contributed by atoms with Crippen molar-refractivity contribution in [2.75, 3.05) is 13.7 Å². The molecule has 18 heavy (non-hydrogen) atoms. The largest absolute Gasteiger partial charge is 0.496 e. The standard InChI is InChI=1S/C15H20BrNO/c1-4-5-6-7-10-17-12(2)13-8-9-15(18-3)14(16)11-13/h1,8-9,11-12,17H,5-7,10H2,2-3H3. The van der Waals surface area contributed by atoms with Crippen molar-refractivity contribution >= 4 is 15.9 Å². The first-order chi connectivity index (χ1) is 8.69. The molecule has 1 aromatic rings. The number of rotatable bonds is 7. The lowest BCUT2D eigenvalue weighted by atomic mass is 10.1. The molecular weight excluding hydrogens is 290 g/mol. The average Bonchev–Trinajstić information content (AvgIpc) is 2.38. The van der Waals surface area contributed by atoms with Crippen molar-refractivity contribution in [3.8, 4) is 18.1 Å². The molecule has 1 rings (SSSR count). The van der Waals surface area contributed by atoms with Gasteiger partial charge in [-0.3, -0.25) is 0 Å². The van der Waals surface area contributed by atoms with Crippen molar-refractivity contribution in [3.05, 3.63) is 28.2 Å². The molecule has 0 radical (unpaired) electrons. The topological polar surface area (TPSA) is 21.3 Å². The fourth-order valence-corrected chi connectivity index (χ4v) is 2.30. The zero-order chi connectivity index (χ0) is 13.4. The molecule has 98 valence electrons. The van der Waals surface area contributed by atoms with Gasteiger partial charge in [0, 0.05) is 12.5 Å². The monoisotopic (exact) mass is 309 g/mol.